The maximum absolute atomic E-state index is 15.0. The maximum atomic E-state index is 15.0. The molecular formula is C45H46F21NO5. The maximum Gasteiger partial charge on any atom is 0.430 e. The normalized spacial score (nSPS) is 17.4. The Labute approximate surface area is 395 Å². The Kier molecular flexibility index (Phi) is 15.3. The van der Waals surface area contributed by atoms with E-state index in [2.05, 4.69) is 0 Å². The Bertz CT molecular complexity index is 2540. The number of benzene rings is 3. The molecule has 0 aliphatic rings. The Morgan fingerprint density at radius 1 is 0.417 bits per heavy atom. The molecule has 3 rings (SSSR count). The smallest absolute Gasteiger partial charge is 0.398 e. The van der Waals surface area contributed by atoms with E-state index in [1.807, 2.05) is 0 Å². The summed E-state index contributed by atoms with van der Waals surface area (Å²) in [6.45, 7) is 7.18. The van der Waals surface area contributed by atoms with Crippen LogP contribution in [0.3, 0.4) is 0 Å². The lowest BCUT2D eigenvalue weighted by Crippen LogP contribution is -2.58. The molecule has 3 atom stereocenters. The zero-order valence-corrected chi connectivity index (χ0v) is 39.0. The van der Waals surface area contributed by atoms with Crippen molar-refractivity contribution in [3.63, 3.8) is 0 Å². The highest BCUT2D eigenvalue weighted by Crippen LogP contribution is 2.55. The van der Waals surface area contributed by atoms with Gasteiger partial charge >= 0.3 is 43.2 Å². The van der Waals surface area contributed by atoms with Gasteiger partial charge < -0.3 is 31.3 Å². The van der Waals surface area contributed by atoms with E-state index in [4.69, 9.17) is 5.73 Å². The highest BCUT2D eigenvalue weighted by Gasteiger charge is 2.73. The van der Waals surface area contributed by atoms with Crippen LogP contribution in [0.5, 0.6) is 0 Å². The predicted octanol–water partition coefficient (Wildman–Crippen LogP) is 12.6. The fourth-order valence-electron chi connectivity index (χ4n) is 8.08. The Morgan fingerprint density at radius 2 is 0.736 bits per heavy atom. The van der Waals surface area contributed by atoms with E-state index in [-0.39, 0.29) is 36.6 Å². The Morgan fingerprint density at radius 3 is 1.11 bits per heavy atom. The van der Waals surface area contributed by atoms with Gasteiger partial charge in [0.05, 0.1) is 0 Å². The van der Waals surface area contributed by atoms with Gasteiger partial charge in [0.1, 0.15) is 0 Å². The average Bonchev–Trinajstić information content (AvgIpc) is 3.14. The van der Waals surface area contributed by atoms with Gasteiger partial charge in [0.25, 0.3) is 11.2 Å². The molecule has 3 aromatic rings. The van der Waals surface area contributed by atoms with Crippen LogP contribution in [0.15, 0.2) is 42.5 Å². The SMILES string of the molecule is Cc1cc(C(C)(C)c2c(C)cc(C(C)(C)c3cc(C)c(/C(=C/C(O)(C(F)(F)F)C(F)(F)F)CC(O)(C(F)(F)F)C(F)(F)F)c(C(C)(O)C(F)(F)F)c3)cc2C(C)(O)C(F)(F)F)cc(C(C)(O)C(F)(F)F)c1N. The predicted molar refractivity (Wildman–Crippen MR) is 216 cm³/mol. The van der Waals surface area contributed by atoms with E-state index in [1.54, 1.807) is 0 Å². The third-order valence-electron chi connectivity index (χ3n) is 13.0. The minimum atomic E-state index is -7.14. The van der Waals surface area contributed by atoms with Crippen LogP contribution in [0.2, 0.25) is 0 Å². The average molecular weight is 1080 g/mol. The summed E-state index contributed by atoms with van der Waals surface area (Å²) in [7, 11) is 0. The molecule has 0 saturated heterocycles. The van der Waals surface area contributed by atoms with Crippen LogP contribution in [-0.2, 0) is 27.6 Å². The summed E-state index contributed by atoms with van der Waals surface area (Å²) in [5.74, 6) is 0. The van der Waals surface area contributed by atoms with Crippen LogP contribution in [-0.4, -0.2) is 80.0 Å². The Balaban J connectivity index is 2.72. The van der Waals surface area contributed by atoms with Gasteiger partial charge in [0.15, 0.2) is 16.8 Å². The summed E-state index contributed by atoms with van der Waals surface area (Å²) < 4.78 is 301. The van der Waals surface area contributed by atoms with Gasteiger partial charge in [-0.2, -0.15) is 92.2 Å². The lowest BCUT2D eigenvalue weighted by atomic mass is 9.67. The summed E-state index contributed by atoms with van der Waals surface area (Å²) in [6.07, 6.45) is -51.1. The van der Waals surface area contributed by atoms with E-state index in [0.29, 0.717) is 26.0 Å². The van der Waals surface area contributed by atoms with E-state index >= 15 is 0 Å². The van der Waals surface area contributed by atoms with Gasteiger partial charge in [-0.05, 0) is 109 Å². The van der Waals surface area contributed by atoms with Crippen LogP contribution in [0.25, 0.3) is 5.57 Å². The van der Waals surface area contributed by atoms with E-state index in [9.17, 15) is 118 Å². The van der Waals surface area contributed by atoms with Gasteiger partial charge in [-0.25, -0.2) is 0 Å². The molecule has 27 heteroatoms. The number of halogens is 21. The third kappa shape index (κ3) is 10.3. The Hall–Kier alpha value is -4.47. The van der Waals surface area contributed by atoms with E-state index < -0.39 is 150 Å². The first kappa shape index (κ1) is 61.8. The molecule has 0 bridgehead atoms. The second kappa shape index (κ2) is 17.8. The minimum absolute atomic E-state index is 0.0180. The van der Waals surface area contributed by atoms with Gasteiger partial charge in [-0.3, -0.25) is 0 Å². The summed E-state index contributed by atoms with van der Waals surface area (Å²) in [5.41, 5.74) is -37.1. The van der Waals surface area contributed by atoms with Crippen LogP contribution in [0.4, 0.5) is 97.9 Å². The number of hydrogen-bond acceptors (Lipinski definition) is 6. The molecule has 408 valence electrons. The molecule has 0 aromatic heterocycles. The number of rotatable bonds is 11. The van der Waals surface area contributed by atoms with Crippen molar-refractivity contribution in [1.82, 2.24) is 0 Å². The molecule has 0 spiro atoms. The van der Waals surface area contributed by atoms with Gasteiger partial charge in [0, 0.05) is 34.1 Å². The molecule has 0 amide bonds. The first-order chi connectivity index (χ1) is 31.3. The highest BCUT2D eigenvalue weighted by atomic mass is 19.4. The van der Waals surface area contributed by atoms with Crippen LogP contribution in [0, 0.1) is 20.8 Å². The molecule has 0 saturated carbocycles. The molecule has 0 fully saturated rings. The van der Waals surface area contributed by atoms with Crippen molar-refractivity contribution in [2.45, 2.75) is 158 Å². The number of alkyl halides is 21. The number of anilines is 1. The molecule has 6 nitrogen and oxygen atoms in total. The third-order valence-corrected chi connectivity index (χ3v) is 13.0. The molecule has 7 N–H and O–H groups in total. The molecule has 0 heterocycles. The molecule has 3 aromatic carbocycles. The van der Waals surface area contributed by atoms with Crippen molar-refractivity contribution < 1.29 is 118 Å². The van der Waals surface area contributed by atoms with Crippen molar-refractivity contribution in [2.24, 2.45) is 0 Å². The van der Waals surface area contributed by atoms with Crippen molar-refractivity contribution in [3.8, 4) is 0 Å². The molecule has 72 heavy (non-hydrogen) atoms. The molecule has 0 aliphatic heterocycles. The molecule has 0 aliphatic carbocycles. The van der Waals surface area contributed by atoms with Crippen molar-refractivity contribution in [2.75, 3.05) is 5.73 Å². The zero-order chi connectivity index (χ0) is 57.2. The summed E-state index contributed by atoms with van der Waals surface area (Å²) in [6, 6.07) is 3.91. The second-order valence-corrected chi connectivity index (χ2v) is 19.1. The summed E-state index contributed by atoms with van der Waals surface area (Å²) >= 11 is 0. The standard InChI is InChI=1S/C45H46F21NO5/c1-19-11-23(14-26(34(8,68)39(46,47)48)29(19)22(17-37(71,42(55,56)57)43(58,59)60)18-38(72,44(61,62)63)45(64,65)66)32(4,5)24-12-20(2)30(27(15-24)35(9,69)40(49,50)51)33(6,7)25-13-21(3)31(67)28(16-25)36(10,70)41(52,53)54/h11-17,68-72H,18,67H2,1-10H3/b22-17+. The van der Waals surface area contributed by atoms with E-state index in [0.717, 1.165) is 39.0 Å². The van der Waals surface area contributed by atoms with Gasteiger partial charge in [-0.1, -0.05) is 58.0 Å². The van der Waals surface area contributed by atoms with E-state index in [1.165, 1.54) is 20.8 Å². The van der Waals surface area contributed by atoms with Crippen LogP contribution >= 0.6 is 0 Å². The fourth-order valence-corrected chi connectivity index (χ4v) is 8.08. The molecule has 0 radical (unpaired) electrons. The van der Waals surface area contributed by atoms with Gasteiger partial charge in [0.2, 0.25) is 0 Å². The molecular weight excluding hydrogens is 1030 g/mol. The first-order valence-electron chi connectivity index (χ1n) is 20.4. The van der Waals surface area contributed by atoms with Crippen molar-refractivity contribution in [1.29, 1.82) is 0 Å². The minimum Gasteiger partial charge on any atom is -0.398 e. The summed E-state index contributed by atoms with van der Waals surface area (Å²) in [5, 5.41) is 53.0. The van der Waals surface area contributed by atoms with Crippen molar-refractivity contribution >= 4 is 11.3 Å². The quantitative estimate of drug-likeness (QED) is 0.0839. The van der Waals surface area contributed by atoms with Crippen LogP contribution < -0.4 is 5.73 Å². The first-order valence-corrected chi connectivity index (χ1v) is 20.4. The monoisotopic (exact) mass is 1080 g/mol. The number of nitrogen functional groups attached to an aromatic ring is 1. The summed E-state index contributed by atoms with van der Waals surface area (Å²) in [4.78, 5) is 0. The number of hydrogen-bond donors (Lipinski definition) is 6. The number of nitrogens with two attached hydrogens (primary N) is 1. The molecule has 3 unspecified atom stereocenters. The fraction of sp³-hybridized carbons (Fsp3) is 0.556. The number of aryl methyl sites for hydroxylation is 3. The van der Waals surface area contributed by atoms with Gasteiger partial charge in [-0.15, -0.1) is 0 Å². The zero-order valence-electron chi connectivity index (χ0n) is 39.0. The highest BCUT2D eigenvalue weighted by molar-refractivity contribution is 5.75. The van der Waals surface area contributed by atoms with Crippen LogP contribution in [0.1, 0.15) is 116 Å². The number of aliphatic hydroxyl groups is 5. The second-order valence-electron chi connectivity index (χ2n) is 19.1. The topological polar surface area (TPSA) is 127 Å². The largest absolute Gasteiger partial charge is 0.430 e. The lowest BCUT2D eigenvalue weighted by molar-refractivity contribution is -0.366. The van der Waals surface area contributed by atoms with Crippen molar-refractivity contribution in [3.05, 3.63) is 104 Å². The lowest BCUT2D eigenvalue weighted by Gasteiger charge is -2.40.